The first-order valence-corrected chi connectivity index (χ1v) is 4.59. The molecule has 0 radical (unpaired) electrons. The van der Waals surface area contributed by atoms with Gasteiger partial charge in [-0.3, -0.25) is 4.98 Å². The lowest BCUT2D eigenvalue weighted by atomic mass is 10.2. The van der Waals surface area contributed by atoms with E-state index < -0.39 is 11.9 Å². The molecule has 4 nitrogen and oxygen atoms in total. The van der Waals surface area contributed by atoms with Gasteiger partial charge in [0.2, 0.25) is 0 Å². The Hall–Kier alpha value is -2.18. The molecule has 2 rings (SSSR count). The van der Waals surface area contributed by atoms with E-state index in [1.807, 2.05) is 0 Å². The van der Waals surface area contributed by atoms with Crippen molar-refractivity contribution in [2.45, 2.75) is 6.18 Å². The quantitative estimate of drug-likeness (QED) is 0.829. The van der Waals surface area contributed by atoms with Gasteiger partial charge < -0.3 is 5.73 Å². The highest BCUT2D eigenvalue weighted by Crippen LogP contribution is 2.28. The van der Waals surface area contributed by atoms with Crippen molar-refractivity contribution in [1.82, 2.24) is 15.2 Å². The van der Waals surface area contributed by atoms with Crippen LogP contribution in [0.1, 0.15) is 5.69 Å². The zero-order valence-corrected chi connectivity index (χ0v) is 8.44. The number of alkyl halides is 3. The van der Waals surface area contributed by atoms with E-state index in [1.165, 1.54) is 12.1 Å². The minimum atomic E-state index is -4.44. The lowest BCUT2D eigenvalue weighted by Crippen LogP contribution is -2.07. The Kier molecular flexibility index (Phi) is 2.66. The lowest BCUT2D eigenvalue weighted by Gasteiger charge is -2.05. The van der Waals surface area contributed by atoms with Crippen LogP contribution in [0, 0.1) is 0 Å². The second-order valence-corrected chi connectivity index (χ2v) is 3.27. The summed E-state index contributed by atoms with van der Waals surface area (Å²) in [6, 6.07) is 5.26. The summed E-state index contributed by atoms with van der Waals surface area (Å²) in [6.45, 7) is 0. The summed E-state index contributed by atoms with van der Waals surface area (Å²) in [6.07, 6.45) is -3.34. The van der Waals surface area contributed by atoms with E-state index in [9.17, 15) is 13.2 Å². The van der Waals surface area contributed by atoms with E-state index in [-0.39, 0.29) is 5.82 Å². The number of hydrogen-bond acceptors (Lipinski definition) is 4. The molecule has 0 saturated heterocycles. The summed E-state index contributed by atoms with van der Waals surface area (Å²) >= 11 is 0. The van der Waals surface area contributed by atoms with Crippen molar-refractivity contribution in [2.75, 3.05) is 5.73 Å². The Morgan fingerprint density at radius 1 is 1.00 bits per heavy atom. The van der Waals surface area contributed by atoms with Crippen molar-refractivity contribution in [1.29, 1.82) is 0 Å². The van der Waals surface area contributed by atoms with E-state index in [4.69, 9.17) is 5.73 Å². The molecule has 0 aliphatic heterocycles. The van der Waals surface area contributed by atoms with Crippen LogP contribution in [0.4, 0.5) is 19.0 Å². The standard InChI is InChI=1S/C10H7F3N4/c11-10(12,13)8-3-1-6(5-15-8)7-2-4-9(14)17-16-7/h1-5H,(H2,14,17). The predicted octanol–water partition coefficient (Wildman–Crippen LogP) is 2.14. The second-order valence-electron chi connectivity index (χ2n) is 3.27. The van der Waals surface area contributed by atoms with Crippen LogP contribution in [-0.4, -0.2) is 15.2 Å². The van der Waals surface area contributed by atoms with Crippen molar-refractivity contribution in [3.8, 4) is 11.3 Å². The molecule has 17 heavy (non-hydrogen) atoms. The van der Waals surface area contributed by atoms with Crippen molar-refractivity contribution in [2.24, 2.45) is 0 Å². The van der Waals surface area contributed by atoms with Gasteiger partial charge in [0.15, 0.2) is 0 Å². The molecule has 0 saturated carbocycles. The van der Waals surface area contributed by atoms with Crippen LogP contribution in [-0.2, 0) is 6.18 Å². The Morgan fingerprint density at radius 3 is 2.24 bits per heavy atom. The topological polar surface area (TPSA) is 64.7 Å². The molecule has 0 spiro atoms. The first-order valence-electron chi connectivity index (χ1n) is 4.59. The largest absolute Gasteiger partial charge is 0.433 e. The molecule has 7 heteroatoms. The molecule has 0 atom stereocenters. The summed E-state index contributed by atoms with van der Waals surface area (Å²) in [5.74, 6) is 0.244. The van der Waals surface area contributed by atoms with Crippen molar-refractivity contribution < 1.29 is 13.2 Å². The van der Waals surface area contributed by atoms with Gasteiger partial charge in [-0.25, -0.2) is 0 Å². The van der Waals surface area contributed by atoms with E-state index >= 15 is 0 Å². The van der Waals surface area contributed by atoms with Gasteiger partial charge in [-0.05, 0) is 24.3 Å². The van der Waals surface area contributed by atoms with Crippen molar-refractivity contribution >= 4 is 5.82 Å². The van der Waals surface area contributed by atoms with Crippen LogP contribution in [0.15, 0.2) is 30.5 Å². The van der Waals surface area contributed by atoms with Crippen molar-refractivity contribution in [3.05, 3.63) is 36.2 Å². The molecule has 0 aromatic carbocycles. The van der Waals surface area contributed by atoms with Gasteiger partial charge in [0, 0.05) is 11.8 Å². The number of hydrogen-bond donors (Lipinski definition) is 1. The highest BCUT2D eigenvalue weighted by Gasteiger charge is 2.32. The summed E-state index contributed by atoms with van der Waals surface area (Å²) in [7, 11) is 0. The van der Waals surface area contributed by atoms with Crippen LogP contribution in [0.25, 0.3) is 11.3 Å². The number of rotatable bonds is 1. The SMILES string of the molecule is Nc1ccc(-c2ccc(C(F)(F)F)nc2)nn1. The molecular formula is C10H7F3N4. The van der Waals surface area contributed by atoms with Gasteiger partial charge in [-0.1, -0.05) is 0 Å². The Balaban J connectivity index is 2.33. The molecule has 0 aliphatic carbocycles. The zero-order valence-electron chi connectivity index (χ0n) is 8.44. The van der Waals surface area contributed by atoms with Gasteiger partial charge in [-0.15, -0.1) is 10.2 Å². The van der Waals surface area contributed by atoms with E-state index in [2.05, 4.69) is 15.2 Å². The number of nitrogens with two attached hydrogens (primary N) is 1. The Bertz CT molecular complexity index is 505. The van der Waals surface area contributed by atoms with Crippen LogP contribution >= 0.6 is 0 Å². The number of nitrogens with zero attached hydrogens (tertiary/aromatic N) is 3. The summed E-state index contributed by atoms with van der Waals surface area (Å²) in [4.78, 5) is 3.32. The van der Waals surface area contributed by atoms with Gasteiger partial charge in [0.1, 0.15) is 11.5 Å². The van der Waals surface area contributed by atoms with Gasteiger partial charge in [0.05, 0.1) is 5.69 Å². The summed E-state index contributed by atoms with van der Waals surface area (Å²) in [5.41, 5.74) is 5.27. The highest BCUT2D eigenvalue weighted by molar-refractivity contribution is 5.58. The average molecular weight is 240 g/mol. The van der Waals surface area contributed by atoms with E-state index in [0.29, 0.717) is 11.3 Å². The number of halogens is 3. The van der Waals surface area contributed by atoms with Gasteiger partial charge >= 0.3 is 6.18 Å². The highest BCUT2D eigenvalue weighted by atomic mass is 19.4. The molecular weight excluding hydrogens is 233 g/mol. The lowest BCUT2D eigenvalue weighted by molar-refractivity contribution is -0.141. The number of aromatic nitrogens is 3. The maximum atomic E-state index is 12.3. The van der Waals surface area contributed by atoms with E-state index in [1.54, 1.807) is 6.07 Å². The van der Waals surface area contributed by atoms with Gasteiger partial charge in [-0.2, -0.15) is 13.2 Å². The van der Waals surface area contributed by atoms with Crippen molar-refractivity contribution in [3.63, 3.8) is 0 Å². The average Bonchev–Trinajstić information content (AvgIpc) is 2.29. The molecule has 0 unspecified atom stereocenters. The maximum absolute atomic E-state index is 12.3. The third-order valence-corrected chi connectivity index (χ3v) is 2.03. The summed E-state index contributed by atoms with van der Waals surface area (Å²) in [5, 5.41) is 7.35. The number of nitrogen functional groups attached to an aromatic ring is 1. The first-order chi connectivity index (χ1) is 7.97. The number of pyridine rings is 1. The summed E-state index contributed by atoms with van der Waals surface area (Å²) < 4.78 is 36.8. The molecule has 0 aliphatic rings. The molecule has 0 amide bonds. The third-order valence-electron chi connectivity index (χ3n) is 2.03. The molecule has 88 valence electrons. The zero-order chi connectivity index (χ0) is 12.5. The molecule has 0 bridgehead atoms. The molecule has 2 heterocycles. The fourth-order valence-electron chi connectivity index (χ4n) is 1.21. The third kappa shape index (κ3) is 2.49. The molecule has 0 fully saturated rings. The fourth-order valence-corrected chi connectivity index (χ4v) is 1.21. The molecule has 2 aromatic heterocycles. The smallest absolute Gasteiger partial charge is 0.382 e. The van der Waals surface area contributed by atoms with E-state index in [0.717, 1.165) is 12.3 Å². The molecule has 2 aromatic rings. The second kappa shape index (κ2) is 4.00. The van der Waals surface area contributed by atoms with Crippen LogP contribution in [0.5, 0.6) is 0 Å². The predicted molar refractivity (Wildman–Crippen MR) is 54.7 cm³/mol. The van der Waals surface area contributed by atoms with Crippen LogP contribution in [0.2, 0.25) is 0 Å². The van der Waals surface area contributed by atoms with Gasteiger partial charge in [0.25, 0.3) is 0 Å². The minimum Gasteiger partial charge on any atom is -0.382 e. The minimum absolute atomic E-state index is 0.244. The monoisotopic (exact) mass is 240 g/mol. The first kappa shape index (κ1) is 11.3. The maximum Gasteiger partial charge on any atom is 0.433 e. The number of anilines is 1. The fraction of sp³-hybridized carbons (Fsp3) is 0.100. The molecule has 2 N–H and O–H groups in total. The normalized spacial score (nSPS) is 11.5. The van der Waals surface area contributed by atoms with Crippen LogP contribution in [0.3, 0.4) is 0 Å². The Morgan fingerprint density at radius 2 is 1.76 bits per heavy atom. The van der Waals surface area contributed by atoms with Crippen LogP contribution < -0.4 is 5.73 Å². The Labute approximate surface area is 94.3 Å².